The van der Waals surface area contributed by atoms with Crippen molar-refractivity contribution in [2.24, 2.45) is 0 Å². The van der Waals surface area contributed by atoms with Crippen LogP contribution < -0.4 is 5.32 Å². The van der Waals surface area contributed by atoms with Crippen LogP contribution in [-0.2, 0) is 16.0 Å². The third kappa shape index (κ3) is 2.41. The quantitative estimate of drug-likeness (QED) is 0.876. The number of aromatic nitrogens is 1. The number of fused-ring (bicyclic) bond motifs is 1. The molecule has 3 rings (SSSR count). The van der Waals surface area contributed by atoms with Crippen LogP contribution in [0.2, 0.25) is 0 Å². The number of nitrogens with zero attached hydrogens (tertiary/aromatic N) is 1. The molecule has 7 heteroatoms. The molecule has 1 fully saturated rings. The zero-order chi connectivity index (χ0) is 17.5. The molecule has 0 spiro atoms. The van der Waals surface area contributed by atoms with Crippen LogP contribution in [-0.4, -0.2) is 51.0 Å². The van der Waals surface area contributed by atoms with Gasteiger partial charge in [-0.3, -0.25) is 9.59 Å². The topological polar surface area (TPSA) is 65.2 Å². The van der Waals surface area contributed by atoms with Gasteiger partial charge in [0, 0.05) is 30.6 Å². The molecule has 1 aromatic carbocycles. The minimum atomic E-state index is -0.980. The first-order valence-electron chi connectivity index (χ1n) is 7.64. The number of benzene rings is 1. The second-order valence-corrected chi connectivity index (χ2v) is 8.38. The molecule has 128 valence electrons. The number of H-pyrrole nitrogens is 1. The number of aromatic amines is 1. The van der Waals surface area contributed by atoms with Crippen LogP contribution in [0.25, 0.3) is 10.9 Å². The molecular formula is C17H21N3O2S2. The fourth-order valence-corrected chi connectivity index (χ4v) is 4.48. The van der Waals surface area contributed by atoms with Crippen molar-refractivity contribution in [3.63, 3.8) is 0 Å². The summed E-state index contributed by atoms with van der Waals surface area (Å²) in [5, 5.41) is 4.08. The third-order valence-electron chi connectivity index (χ3n) is 4.89. The number of nitrogens with one attached hydrogen (secondary N) is 2. The highest BCUT2D eigenvalue weighted by molar-refractivity contribution is 8.01. The molecule has 1 aromatic heterocycles. The van der Waals surface area contributed by atoms with Gasteiger partial charge in [-0.25, -0.2) is 0 Å². The molecule has 2 amide bonds. The van der Waals surface area contributed by atoms with Gasteiger partial charge in [-0.2, -0.15) is 0 Å². The number of carbonyl (C=O) groups excluding carboxylic acids is 2. The SMILES string of the molecule is CSC1(Cc2c[nH]c3ccccc23)NC(=O)C(C)(SC)N(C)C1=O. The molecule has 24 heavy (non-hydrogen) atoms. The van der Waals surface area contributed by atoms with E-state index in [-0.39, 0.29) is 11.8 Å². The van der Waals surface area contributed by atoms with Gasteiger partial charge in [0.15, 0.2) is 9.74 Å². The van der Waals surface area contributed by atoms with E-state index < -0.39 is 9.74 Å². The van der Waals surface area contributed by atoms with E-state index in [1.165, 1.54) is 23.5 Å². The Kier molecular flexibility index (Phi) is 4.34. The number of piperazine rings is 1. The number of amides is 2. The highest BCUT2D eigenvalue weighted by Gasteiger charge is 2.55. The molecule has 2 heterocycles. The summed E-state index contributed by atoms with van der Waals surface area (Å²) in [5.74, 6) is -0.206. The van der Waals surface area contributed by atoms with E-state index in [1.807, 2.05) is 43.0 Å². The summed E-state index contributed by atoms with van der Waals surface area (Å²) in [6, 6.07) is 7.98. The third-order valence-corrected chi connectivity index (χ3v) is 7.26. The maximum atomic E-state index is 13.1. The average molecular weight is 364 g/mol. The number of hydrogen-bond acceptors (Lipinski definition) is 4. The first-order chi connectivity index (χ1) is 11.4. The van der Waals surface area contributed by atoms with E-state index in [1.54, 1.807) is 18.9 Å². The molecule has 2 atom stereocenters. The molecule has 5 nitrogen and oxygen atoms in total. The average Bonchev–Trinajstić information content (AvgIpc) is 3.00. The lowest BCUT2D eigenvalue weighted by Gasteiger charge is -2.48. The van der Waals surface area contributed by atoms with E-state index in [2.05, 4.69) is 10.3 Å². The van der Waals surface area contributed by atoms with Crippen LogP contribution >= 0.6 is 23.5 Å². The smallest absolute Gasteiger partial charge is 0.260 e. The van der Waals surface area contributed by atoms with Crippen LogP contribution in [0.5, 0.6) is 0 Å². The Morgan fingerprint density at radius 2 is 1.88 bits per heavy atom. The Bertz CT molecular complexity index is 806. The first kappa shape index (κ1) is 17.2. The summed E-state index contributed by atoms with van der Waals surface area (Å²) in [6.45, 7) is 1.78. The predicted molar refractivity (Wildman–Crippen MR) is 101 cm³/mol. The van der Waals surface area contributed by atoms with Gasteiger partial charge in [-0.1, -0.05) is 18.2 Å². The molecule has 0 saturated carbocycles. The van der Waals surface area contributed by atoms with E-state index >= 15 is 0 Å². The largest absolute Gasteiger partial charge is 0.361 e. The molecule has 1 aliphatic rings. The minimum absolute atomic E-state index is 0.0725. The van der Waals surface area contributed by atoms with Crippen LogP contribution in [0.1, 0.15) is 12.5 Å². The van der Waals surface area contributed by atoms with Crippen LogP contribution in [0, 0.1) is 0 Å². The fraction of sp³-hybridized carbons (Fsp3) is 0.412. The van der Waals surface area contributed by atoms with Gasteiger partial charge in [-0.05, 0) is 31.1 Å². The standard InChI is InChI=1S/C17H21N3O2S2/c1-16(23-3)14(21)19-17(24-4,15(22)20(16)2)9-11-10-18-13-8-6-5-7-12(11)13/h5-8,10,18H,9H2,1-4H3,(H,19,21). The summed E-state index contributed by atoms with van der Waals surface area (Å²) in [4.78, 5) is 28.8. The zero-order valence-corrected chi connectivity index (χ0v) is 15.8. The van der Waals surface area contributed by atoms with Crippen molar-refractivity contribution in [3.8, 4) is 0 Å². The summed E-state index contributed by atoms with van der Waals surface area (Å²) in [7, 11) is 1.71. The molecule has 1 saturated heterocycles. The molecule has 2 N–H and O–H groups in total. The lowest BCUT2D eigenvalue weighted by atomic mass is 9.99. The van der Waals surface area contributed by atoms with E-state index in [9.17, 15) is 9.59 Å². The van der Waals surface area contributed by atoms with Gasteiger partial charge >= 0.3 is 0 Å². The number of carbonyl (C=O) groups is 2. The van der Waals surface area contributed by atoms with Crippen LogP contribution in [0.15, 0.2) is 30.5 Å². The van der Waals surface area contributed by atoms with E-state index in [0.717, 1.165) is 16.5 Å². The molecule has 2 unspecified atom stereocenters. The fourth-order valence-electron chi connectivity index (χ4n) is 3.08. The van der Waals surface area contributed by atoms with Crippen LogP contribution in [0.4, 0.5) is 0 Å². The molecular weight excluding hydrogens is 342 g/mol. The van der Waals surface area contributed by atoms with Crippen molar-refractivity contribution in [3.05, 3.63) is 36.0 Å². The second-order valence-electron chi connectivity index (χ2n) is 6.07. The molecule has 0 aliphatic carbocycles. The lowest BCUT2D eigenvalue weighted by molar-refractivity contribution is -0.150. The number of likely N-dealkylation sites (N-methyl/N-ethyl adjacent to an activating group) is 1. The molecule has 1 aliphatic heterocycles. The molecule has 0 radical (unpaired) electrons. The maximum absolute atomic E-state index is 13.1. The second kappa shape index (κ2) is 6.04. The monoisotopic (exact) mass is 363 g/mol. The highest BCUT2D eigenvalue weighted by atomic mass is 32.2. The van der Waals surface area contributed by atoms with Gasteiger partial charge in [0.05, 0.1) is 0 Å². The predicted octanol–water partition coefficient (Wildman–Crippen LogP) is 2.44. The van der Waals surface area contributed by atoms with E-state index in [4.69, 9.17) is 0 Å². The van der Waals surface area contributed by atoms with Gasteiger partial charge < -0.3 is 15.2 Å². The Hall–Kier alpha value is -1.60. The molecule has 0 bridgehead atoms. The van der Waals surface area contributed by atoms with E-state index in [0.29, 0.717) is 6.42 Å². The molecule has 2 aromatic rings. The van der Waals surface area contributed by atoms with Crippen molar-refractivity contribution >= 4 is 46.2 Å². The van der Waals surface area contributed by atoms with Crippen LogP contribution in [0.3, 0.4) is 0 Å². The Morgan fingerprint density at radius 1 is 1.17 bits per heavy atom. The van der Waals surface area contributed by atoms with Crippen molar-refractivity contribution in [2.45, 2.75) is 23.1 Å². The highest BCUT2D eigenvalue weighted by Crippen LogP contribution is 2.39. The number of hydrogen-bond donors (Lipinski definition) is 2. The summed E-state index contributed by atoms with van der Waals surface area (Å²) in [5.41, 5.74) is 2.05. The number of thioether (sulfide) groups is 2. The van der Waals surface area contributed by atoms with Crippen molar-refractivity contribution in [1.29, 1.82) is 0 Å². The summed E-state index contributed by atoms with van der Waals surface area (Å²) >= 11 is 2.75. The number of para-hydroxylation sites is 1. The van der Waals surface area contributed by atoms with Crippen molar-refractivity contribution in [1.82, 2.24) is 15.2 Å². The summed E-state index contributed by atoms with van der Waals surface area (Å²) < 4.78 is 0. The van der Waals surface area contributed by atoms with Crippen molar-refractivity contribution in [2.75, 3.05) is 19.6 Å². The normalized spacial score (nSPS) is 27.6. The van der Waals surface area contributed by atoms with Gasteiger partial charge in [0.1, 0.15) is 0 Å². The Morgan fingerprint density at radius 3 is 2.54 bits per heavy atom. The number of rotatable bonds is 4. The van der Waals surface area contributed by atoms with Gasteiger partial charge in [-0.15, -0.1) is 23.5 Å². The van der Waals surface area contributed by atoms with Gasteiger partial charge in [0.2, 0.25) is 0 Å². The summed E-state index contributed by atoms with van der Waals surface area (Å²) in [6.07, 6.45) is 6.07. The Balaban J connectivity index is 2.01. The van der Waals surface area contributed by atoms with Gasteiger partial charge in [0.25, 0.3) is 11.8 Å². The Labute approximate surface area is 149 Å². The maximum Gasteiger partial charge on any atom is 0.260 e. The first-order valence-corrected chi connectivity index (χ1v) is 10.1. The zero-order valence-electron chi connectivity index (χ0n) is 14.2. The van der Waals surface area contributed by atoms with Crippen molar-refractivity contribution < 1.29 is 9.59 Å². The lowest BCUT2D eigenvalue weighted by Crippen LogP contribution is -2.72. The minimum Gasteiger partial charge on any atom is -0.361 e.